The van der Waals surface area contributed by atoms with Gasteiger partial charge in [-0.05, 0) is 87.0 Å². The lowest BCUT2D eigenvalue weighted by Gasteiger charge is -2.36. The van der Waals surface area contributed by atoms with Crippen molar-refractivity contribution in [3.05, 3.63) is 82.3 Å². The number of nitrogens with zero attached hydrogens (tertiary/aromatic N) is 4. The molecule has 1 aliphatic rings. The number of sulfonamides is 1. The molecule has 1 saturated heterocycles. The van der Waals surface area contributed by atoms with E-state index in [2.05, 4.69) is 4.90 Å². The Morgan fingerprint density at radius 1 is 0.850 bits per heavy atom. The summed E-state index contributed by atoms with van der Waals surface area (Å²) in [7, 11) is 3.30. The lowest BCUT2D eigenvalue weighted by Crippen LogP contribution is -2.44. The van der Waals surface area contributed by atoms with Crippen molar-refractivity contribution in [2.45, 2.75) is 23.8 Å². The first-order valence-electron chi connectivity index (χ1n) is 13.2. The van der Waals surface area contributed by atoms with E-state index in [1.807, 2.05) is 66.4 Å². The molecular formula is C30H36Cl2N4O3S. The van der Waals surface area contributed by atoms with Crippen LogP contribution in [-0.2, 0) is 14.8 Å². The zero-order valence-corrected chi connectivity index (χ0v) is 25.7. The monoisotopic (exact) mass is 602 g/mol. The van der Waals surface area contributed by atoms with Crippen LogP contribution in [0.1, 0.15) is 24.4 Å². The molecule has 1 unspecified atom stereocenters. The molecule has 3 aromatic rings. The van der Waals surface area contributed by atoms with Gasteiger partial charge in [-0.1, -0.05) is 59.6 Å². The van der Waals surface area contributed by atoms with Gasteiger partial charge < -0.3 is 14.7 Å². The maximum Gasteiger partial charge on any atom is 0.242 e. The average Bonchev–Trinajstić information content (AvgIpc) is 3.43. The summed E-state index contributed by atoms with van der Waals surface area (Å²) in [6.45, 7) is 2.93. The molecule has 214 valence electrons. The van der Waals surface area contributed by atoms with Gasteiger partial charge in [0.15, 0.2) is 0 Å². The van der Waals surface area contributed by atoms with Gasteiger partial charge in [-0.15, -0.1) is 0 Å². The van der Waals surface area contributed by atoms with Crippen molar-refractivity contribution in [3.8, 4) is 11.1 Å². The second-order valence-electron chi connectivity index (χ2n) is 10.6. The molecular weight excluding hydrogens is 567 g/mol. The van der Waals surface area contributed by atoms with Gasteiger partial charge in [0.2, 0.25) is 15.9 Å². The molecule has 0 N–H and O–H groups in total. The maximum absolute atomic E-state index is 13.7. The standard InChI is InChI=1S/C30H36Cl2N4O3S/c1-33(2)21-30(37)36(25-13-16-27(31)28(32)19-25)29(20-35-17-5-6-18-35)24-9-7-22(8-10-24)23-11-14-26(15-12-23)40(38,39)34(3)4/h7-16,19,29H,5-6,17-18,20-21H2,1-4H3. The Bertz CT molecular complexity index is 1420. The minimum absolute atomic E-state index is 0.0330. The molecule has 40 heavy (non-hydrogen) atoms. The van der Waals surface area contributed by atoms with Gasteiger partial charge in [0.1, 0.15) is 0 Å². The number of benzene rings is 3. The largest absolute Gasteiger partial charge is 0.302 e. The third-order valence-electron chi connectivity index (χ3n) is 7.10. The van der Waals surface area contributed by atoms with Crippen LogP contribution in [0.3, 0.4) is 0 Å². The summed E-state index contributed by atoms with van der Waals surface area (Å²) in [6.07, 6.45) is 2.28. The zero-order valence-electron chi connectivity index (χ0n) is 23.3. The first-order valence-corrected chi connectivity index (χ1v) is 15.4. The van der Waals surface area contributed by atoms with Gasteiger partial charge in [0.25, 0.3) is 0 Å². The summed E-state index contributed by atoms with van der Waals surface area (Å²) in [6, 6.07) is 20.1. The van der Waals surface area contributed by atoms with E-state index >= 15 is 0 Å². The number of anilines is 1. The van der Waals surface area contributed by atoms with Crippen LogP contribution in [-0.4, -0.2) is 82.8 Å². The summed E-state index contributed by atoms with van der Waals surface area (Å²) < 4.78 is 26.1. The Balaban J connectivity index is 1.71. The number of rotatable bonds is 10. The molecule has 1 heterocycles. The second-order valence-corrected chi connectivity index (χ2v) is 13.5. The predicted octanol–water partition coefficient (Wildman–Crippen LogP) is 5.64. The highest BCUT2D eigenvalue weighted by Gasteiger charge is 2.30. The molecule has 10 heteroatoms. The summed E-state index contributed by atoms with van der Waals surface area (Å²) in [5, 5.41) is 0.840. The summed E-state index contributed by atoms with van der Waals surface area (Å²) in [4.78, 5) is 20.1. The molecule has 3 aromatic carbocycles. The smallest absolute Gasteiger partial charge is 0.242 e. The van der Waals surface area contributed by atoms with Gasteiger partial charge in [0, 0.05) is 26.3 Å². The van der Waals surface area contributed by atoms with E-state index in [9.17, 15) is 13.2 Å². The highest BCUT2D eigenvalue weighted by atomic mass is 35.5. The number of hydrogen-bond donors (Lipinski definition) is 0. The first kappa shape index (κ1) is 30.5. The number of hydrogen-bond acceptors (Lipinski definition) is 5. The van der Waals surface area contributed by atoms with Crippen molar-refractivity contribution >= 4 is 44.8 Å². The molecule has 1 atom stereocenters. The van der Waals surface area contributed by atoms with E-state index in [1.165, 1.54) is 18.4 Å². The van der Waals surface area contributed by atoms with Gasteiger partial charge >= 0.3 is 0 Å². The van der Waals surface area contributed by atoms with Crippen molar-refractivity contribution in [1.29, 1.82) is 0 Å². The molecule has 1 amide bonds. The van der Waals surface area contributed by atoms with E-state index < -0.39 is 10.0 Å². The summed E-state index contributed by atoms with van der Waals surface area (Å²) >= 11 is 12.6. The number of likely N-dealkylation sites (tertiary alicyclic amines) is 1. The second kappa shape index (κ2) is 13.0. The summed E-state index contributed by atoms with van der Waals surface area (Å²) in [5.41, 5.74) is 3.57. The predicted molar refractivity (Wildman–Crippen MR) is 164 cm³/mol. The van der Waals surface area contributed by atoms with Crippen LogP contribution < -0.4 is 4.90 Å². The minimum atomic E-state index is -3.49. The average molecular weight is 604 g/mol. The topological polar surface area (TPSA) is 64.2 Å². The van der Waals surface area contributed by atoms with Crippen molar-refractivity contribution in [2.75, 3.05) is 59.3 Å². The molecule has 1 aliphatic heterocycles. The van der Waals surface area contributed by atoms with Crippen molar-refractivity contribution in [1.82, 2.24) is 14.1 Å². The van der Waals surface area contributed by atoms with Crippen molar-refractivity contribution in [3.63, 3.8) is 0 Å². The lowest BCUT2D eigenvalue weighted by molar-refractivity contribution is -0.119. The minimum Gasteiger partial charge on any atom is -0.302 e. The van der Waals surface area contributed by atoms with E-state index in [0.717, 1.165) is 42.6 Å². The Kier molecular flexibility index (Phi) is 9.93. The quantitative estimate of drug-likeness (QED) is 0.300. The molecule has 0 aliphatic carbocycles. The fourth-order valence-electron chi connectivity index (χ4n) is 4.95. The van der Waals surface area contributed by atoms with Crippen LogP contribution in [0.2, 0.25) is 10.0 Å². The summed E-state index contributed by atoms with van der Waals surface area (Å²) in [5.74, 6) is -0.0330. The third-order valence-corrected chi connectivity index (χ3v) is 9.67. The molecule has 0 radical (unpaired) electrons. The zero-order chi connectivity index (χ0) is 29.0. The highest BCUT2D eigenvalue weighted by molar-refractivity contribution is 7.89. The molecule has 0 spiro atoms. The van der Waals surface area contributed by atoms with E-state index in [0.29, 0.717) is 22.3 Å². The maximum atomic E-state index is 13.7. The van der Waals surface area contributed by atoms with Gasteiger partial charge in [-0.25, -0.2) is 12.7 Å². The first-order chi connectivity index (χ1) is 19.0. The molecule has 4 rings (SSSR count). The van der Waals surface area contributed by atoms with Crippen molar-refractivity contribution in [2.24, 2.45) is 0 Å². The SMILES string of the molecule is CN(C)CC(=O)N(c1ccc(Cl)c(Cl)c1)C(CN1CCCC1)c1ccc(-c2ccc(S(=O)(=O)N(C)C)cc2)cc1. The molecule has 0 aromatic heterocycles. The highest BCUT2D eigenvalue weighted by Crippen LogP contribution is 2.34. The van der Waals surface area contributed by atoms with E-state index in [1.54, 1.807) is 24.3 Å². The van der Waals surface area contributed by atoms with Crippen LogP contribution in [0.15, 0.2) is 71.6 Å². The number of carbonyl (C=O) groups excluding carboxylic acids is 1. The van der Waals surface area contributed by atoms with E-state index in [4.69, 9.17) is 23.2 Å². The Hall–Kier alpha value is -2.46. The Morgan fingerprint density at radius 3 is 1.95 bits per heavy atom. The van der Waals surface area contributed by atoms with Crippen LogP contribution in [0, 0.1) is 0 Å². The number of amides is 1. The van der Waals surface area contributed by atoms with Gasteiger partial charge in [-0.2, -0.15) is 0 Å². The third kappa shape index (κ3) is 7.05. The van der Waals surface area contributed by atoms with Crippen LogP contribution in [0.25, 0.3) is 11.1 Å². The molecule has 7 nitrogen and oxygen atoms in total. The number of halogens is 2. The van der Waals surface area contributed by atoms with Crippen LogP contribution in [0.4, 0.5) is 5.69 Å². The van der Waals surface area contributed by atoms with Crippen LogP contribution in [0.5, 0.6) is 0 Å². The molecule has 1 fully saturated rings. The van der Waals surface area contributed by atoms with Crippen molar-refractivity contribution < 1.29 is 13.2 Å². The van der Waals surface area contributed by atoms with Gasteiger partial charge in [-0.3, -0.25) is 4.79 Å². The molecule has 0 saturated carbocycles. The van der Waals surface area contributed by atoms with Gasteiger partial charge in [0.05, 0.1) is 27.5 Å². The fraction of sp³-hybridized carbons (Fsp3) is 0.367. The normalized spacial score (nSPS) is 15.1. The lowest BCUT2D eigenvalue weighted by atomic mass is 9.98. The Labute approximate surface area is 247 Å². The number of likely N-dealkylation sites (N-methyl/N-ethyl adjacent to an activating group) is 1. The van der Waals surface area contributed by atoms with Crippen LogP contribution >= 0.6 is 23.2 Å². The Morgan fingerprint density at radius 2 is 1.43 bits per heavy atom. The fourth-order valence-corrected chi connectivity index (χ4v) is 6.15. The van der Waals surface area contributed by atoms with E-state index in [-0.39, 0.29) is 23.4 Å². The number of carbonyl (C=O) groups is 1. The molecule has 0 bridgehead atoms.